The lowest BCUT2D eigenvalue weighted by Crippen LogP contribution is -2.19. The fourth-order valence-corrected chi connectivity index (χ4v) is 4.74. The van der Waals surface area contributed by atoms with Crippen LogP contribution in [0.3, 0.4) is 0 Å². The van der Waals surface area contributed by atoms with Crippen molar-refractivity contribution < 1.29 is 14.7 Å². The maximum Gasteiger partial charge on any atom is 0.346 e. The number of carbonyl (C=O) groups is 2. The Labute approximate surface area is 122 Å². The summed E-state index contributed by atoms with van der Waals surface area (Å²) in [5.74, 6) is 1.22. The molecule has 2 aliphatic carbocycles. The number of aromatic carboxylic acids is 1. The first-order chi connectivity index (χ1) is 9.52. The molecule has 20 heavy (non-hydrogen) atoms. The second-order valence-electron chi connectivity index (χ2n) is 6.12. The van der Waals surface area contributed by atoms with Gasteiger partial charge in [0.15, 0.2) is 0 Å². The zero-order valence-corrected chi connectivity index (χ0v) is 12.3. The molecule has 3 atom stereocenters. The summed E-state index contributed by atoms with van der Waals surface area (Å²) in [6.07, 6.45) is 5.71. The van der Waals surface area contributed by atoms with Crippen molar-refractivity contribution in [2.45, 2.75) is 39.0 Å². The van der Waals surface area contributed by atoms with Gasteiger partial charge in [-0.2, -0.15) is 0 Å². The van der Waals surface area contributed by atoms with Crippen LogP contribution in [-0.4, -0.2) is 17.0 Å². The number of aryl methyl sites for hydroxylation is 1. The second-order valence-corrected chi connectivity index (χ2v) is 7.17. The molecule has 108 valence electrons. The largest absolute Gasteiger partial charge is 0.477 e. The minimum Gasteiger partial charge on any atom is -0.477 e. The second kappa shape index (κ2) is 5.20. The van der Waals surface area contributed by atoms with Crippen molar-refractivity contribution in [2.24, 2.45) is 17.8 Å². The van der Waals surface area contributed by atoms with E-state index in [9.17, 15) is 9.59 Å². The Morgan fingerprint density at radius 2 is 2.20 bits per heavy atom. The zero-order chi connectivity index (χ0) is 14.3. The number of anilines is 1. The van der Waals surface area contributed by atoms with E-state index in [0.29, 0.717) is 27.8 Å². The summed E-state index contributed by atoms with van der Waals surface area (Å²) in [6, 6.07) is 1.74. The molecule has 2 fully saturated rings. The molecule has 2 N–H and O–H groups in total. The van der Waals surface area contributed by atoms with Gasteiger partial charge in [0, 0.05) is 6.42 Å². The van der Waals surface area contributed by atoms with Gasteiger partial charge in [-0.15, -0.1) is 11.3 Å². The molecule has 1 amide bonds. The molecule has 0 spiro atoms. The lowest BCUT2D eigenvalue weighted by Gasteiger charge is -2.20. The summed E-state index contributed by atoms with van der Waals surface area (Å²) >= 11 is 1.14. The van der Waals surface area contributed by atoms with Crippen LogP contribution >= 0.6 is 11.3 Å². The molecule has 1 aromatic rings. The molecule has 5 heteroatoms. The van der Waals surface area contributed by atoms with Crippen LogP contribution in [0.1, 0.15) is 47.3 Å². The van der Waals surface area contributed by atoms with Gasteiger partial charge in [-0.1, -0.05) is 6.42 Å². The maximum absolute atomic E-state index is 12.1. The van der Waals surface area contributed by atoms with Crippen LogP contribution in [0.25, 0.3) is 0 Å². The van der Waals surface area contributed by atoms with Crippen LogP contribution in [0.15, 0.2) is 6.07 Å². The zero-order valence-electron chi connectivity index (χ0n) is 11.5. The van der Waals surface area contributed by atoms with Crippen molar-refractivity contribution in [3.05, 3.63) is 16.5 Å². The minimum absolute atomic E-state index is 0.0285. The van der Waals surface area contributed by atoms with E-state index in [2.05, 4.69) is 5.32 Å². The van der Waals surface area contributed by atoms with Crippen molar-refractivity contribution in [3.8, 4) is 0 Å². The number of hydrogen-bond acceptors (Lipinski definition) is 3. The molecule has 0 aliphatic heterocycles. The number of hydrogen-bond donors (Lipinski definition) is 2. The summed E-state index contributed by atoms with van der Waals surface area (Å²) in [5.41, 5.74) is 0.706. The molecule has 0 aromatic carbocycles. The number of carboxylic acid groups (broad SMARTS) is 1. The molecule has 2 saturated carbocycles. The summed E-state index contributed by atoms with van der Waals surface area (Å²) in [4.78, 5) is 23.4. The highest BCUT2D eigenvalue weighted by Crippen LogP contribution is 2.49. The average Bonchev–Trinajstić information content (AvgIpc) is 3.04. The maximum atomic E-state index is 12.1. The Morgan fingerprint density at radius 3 is 2.75 bits per heavy atom. The summed E-state index contributed by atoms with van der Waals surface area (Å²) in [7, 11) is 0. The van der Waals surface area contributed by atoms with Crippen LogP contribution in [0, 0.1) is 24.7 Å². The van der Waals surface area contributed by atoms with E-state index >= 15 is 0 Å². The van der Waals surface area contributed by atoms with Crippen molar-refractivity contribution in [3.63, 3.8) is 0 Å². The Hall–Kier alpha value is -1.36. The smallest absolute Gasteiger partial charge is 0.346 e. The fraction of sp³-hybridized carbons (Fsp3) is 0.600. The number of rotatable bonds is 4. The third-order valence-corrected chi connectivity index (χ3v) is 5.85. The predicted octanol–water partition coefficient (Wildman–Crippen LogP) is 3.52. The van der Waals surface area contributed by atoms with Crippen molar-refractivity contribution in [2.75, 3.05) is 5.32 Å². The van der Waals surface area contributed by atoms with E-state index in [0.717, 1.165) is 23.2 Å². The van der Waals surface area contributed by atoms with Gasteiger partial charge in [0.1, 0.15) is 4.88 Å². The molecule has 0 saturated heterocycles. The van der Waals surface area contributed by atoms with Crippen LogP contribution in [0.2, 0.25) is 0 Å². The quantitative estimate of drug-likeness (QED) is 0.892. The standard InChI is InChI=1S/C15H19NO3S/c1-8-4-13(20-14(8)15(18)19)16-12(17)7-11-6-9-2-3-10(11)5-9/h4,9-11H,2-3,5-7H2,1H3,(H,16,17)(H,18,19). The van der Waals surface area contributed by atoms with Gasteiger partial charge in [0.2, 0.25) is 5.91 Å². The van der Waals surface area contributed by atoms with E-state index in [1.165, 1.54) is 25.7 Å². The first kappa shape index (κ1) is 13.6. The topological polar surface area (TPSA) is 66.4 Å². The van der Waals surface area contributed by atoms with Gasteiger partial charge >= 0.3 is 5.97 Å². The molecule has 3 rings (SSSR count). The van der Waals surface area contributed by atoms with E-state index in [4.69, 9.17) is 5.11 Å². The Morgan fingerprint density at radius 1 is 1.40 bits per heavy atom. The highest BCUT2D eigenvalue weighted by molar-refractivity contribution is 7.18. The normalized spacial score (nSPS) is 27.8. The van der Waals surface area contributed by atoms with E-state index in [1.54, 1.807) is 13.0 Å². The van der Waals surface area contributed by atoms with E-state index < -0.39 is 5.97 Å². The van der Waals surface area contributed by atoms with Gasteiger partial charge in [-0.05, 0) is 55.6 Å². The van der Waals surface area contributed by atoms with Crippen molar-refractivity contribution in [1.82, 2.24) is 0 Å². The van der Waals surface area contributed by atoms with Crippen LogP contribution in [0.4, 0.5) is 5.00 Å². The number of nitrogens with one attached hydrogen (secondary N) is 1. The number of amides is 1. The number of thiophene rings is 1. The van der Waals surface area contributed by atoms with Crippen LogP contribution in [0.5, 0.6) is 0 Å². The van der Waals surface area contributed by atoms with Gasteiger partial charge in [-0.3, -0.25) is 4.79 Å². The van der Waals surface area contributed by atoms with Gasteiger partial charge in [0.05, 0.1) is 5.00 Å². The Bertz CT molecular complexity index is 551. The monoisotopic (exact) mass is 293 g/mol. The number of carbonyl (C=O) groups excluding carboxylic acids is 1. The SMILES string of the molecule is Cc1cc(NC(=O)CC2CC3CCC2C3)sc1C(=O)O. The summed E-state index contributed by atoms with van der Waals surface area (Å²) in [5, 5.41) is 12.5. The molecule has 1 aromatic heterocycles. The van der Waals surface area contributed by atoms with Crippen molar-refractivity contribution in [1.29, 1.82) is 0 Å². The average molecular weight is 293 g/mol. The molecule has 0 radical (unpaired) electrons. The summed E-state index contributed by atoms with van der Waals surface area (Å²) < 4.78 is 0. The van der Waals surface area contributed by atoms with Crippen molar-refractivity contribution >= 4 is 28.2 Å². The Kier molecular flexibility index (Phi) is 3.54. The first-order valence-electron chi connectivity index (χ1n) is 7.16. The fourth-order valence-electron chi connectivity index (χ4n) is 3.81. The predicted molar refractivity (Wildman–Crippen MR) is 78.2 cm³/mol. The molecule has 4 nitrogen and oxygen atoms in total. The lowest BCUT2D eigenvalue weighted by atomic mass is 9.86. The highest BCUT2D eigenvalue weighted by atomic mass is 32.1. The van der Waals surface area contributed by atoms with E-state index in [1.807, 2.05) is 0 Å². The molecular weight excluding hydrogens is 274 g/mol. The van der Waals surface area contributed by atoms with Gasteiger partial charge in [0.25, 0.3) is 0 Å². The van der Waals surface area contributed by atoms with Crippen LogP contribution in [-0.2, 0) is 4.79 Å². The molecule has 2 aliphatic rings. The first-order valence-corrected chi connectivity index (χ1v) is 7.98. The van der Waals surface area contributed by atoms with Crippen LogP contribution < -0.4 is 5.32 Å². The molecule has 2 bridgehead atoms. The van der Waals surface area contributed by atoms with E-state index in [-0.39, 0.29) is 5.91 Å². The molecular formula is C15H19NO3S. The number of fused-ring (bicyclic) bond motifs is 2. The highest BCUT2D eigenvalue weighted by Gasteiger charge is 2.40. The summed E-state index contributed by atoms with van der Waals surface area (Å²) in [6.45, 7) is 1.76. The van der Waals surface area contributed by atoms with Gasteiger partial charge in [-0.25, -0.2) is 4.79 Å². The lowest BCUT2D eigenvalue weighted by molar-refractivity contribution is -0.117. The van der Waals surface area contributed by atoms with Gasteiger partial charge < -0.3 is 10.4 Å². The molecule has 1 heterocycles. The third kappa shape index (κ3) is 2.59. The Balaban J connectivity index is 1.59. The number of carboxylic acids is 1. The third-order valence-electron chi connectivity index (χ3n) is 4.71. The molecule has 3 unspecified atom stereocenters. The minimum atomic E-state index is -0.930.